The molecule has 0 spiro atoms. The normalized spacial score (nSPS) is 10.7. The fourth-order valence-corrected chi connectivity index (χ4v) is 2.20. The third-order valence-corrected chi connectivity index (χ3v) is 3.54. The van der Waals surface area contributed by atoms with Crippen molar-refractivity contribution in [3.05, 3.63) is 84.1 Å². The molecule has 0 aliphatic heterocycles. The van der Waals surface area contributed by atoms with Gasteiger partial charge >= 0.3 is 0 Å². The van der Waals surface area contributed by atoms with Crippen LogP contribution in [0.4, 0.5) is 14.5 Å². The number of hydrogen-bond donors (Lipinski definition) is 0. The molecule has 27 heavy (non-hydrogen) atoms. The smallest absolute Gasteiger partial charge is 0.255 e. The van der Waals surface area contributed by atoms with Crippen LogP contribution in [0, 0.1) is 11.6 Å². The molecule has 0 fully saturated rings. The lowest BCUT2D eigenvalue weighted by atomic mass is 10.2. The predicted octanol–water partition coefficient (Wildman–Crippen LogP) is 4.47. The minimum absolute atomic E-state index is 0.111. The van der Waals surface area contributed by atoms with E-state index in [2.05, 4.69) is 9.98 Å². The summed E-state index contributed by atoms with van der Waals surface area (Å²) < 4.78 is 31.8. The second-order valence-corrected chi connectivity index (χ2v) is 5.54. The van der Waals surface area contributed by atoms with Gasteiger partial charge in [0.25, 0.3) is 5.88 Å². The van der Waals surface area contributed by atoms with Gasteiger partial charge in [-0.25, -0.2) is 18.8 Å². The van der Waals surface area contributed by atoms with E-state index < -0.39 is 5.82 Å². The fourth-order valence-electron chi connectivity index (χ4n) is 2.20. The van der Waals surface area contributed by atoms with Gasteiger partial charge in [0.15, 0.2) is 5.82 Å². The second-order valence-electron chi connectivity index (χ2n) is 5.54. The number of carbonyl (C=O) groups is 1. The highest BCUT2D eigenvalue weighted by molar-refractivity contribution is 5.74. The van der Waals surface area contributed by atoms with E-state index in [0.29, 0.717) is 17.8 Å². The summed E-state index contributed by atoms with van der Waals surface area (Å²) in [5.74, 6) is -0.592. The first-order valence-electron chi connectivity index (χ1n) is 8.02. The van der Waals surface area contributed by atoms with Crippen molar-refractivity contribution in [2.24, 2.45) is 4.99 Å². The van der Waals surface area contributed by atoms with Crippen LogP contribution in [0.15, 0.2) is 71.9 Å². The lowest BCUT2D eigenvalue weighted by Gasteiger charge is -2.11. The molecule has 0 unspecified atom stereocenters. The topological polar surface area (TPSA) is 54.8 Å². The first kappa shape index (κ1) is 18.2. The van der Waals surface area contributed by atoms with Crippen molar-refractivity contribution in [1.82, 2.24) is 9.88 Å². The number of amides is 1. The van der Waals surface area contributed by atoms with Crippen molar-refractivity contribution in [2.45, 2.75) is 6.54 Å². The average Bonchev–Trinajstić information content (AvgIpc) is 2.69. The van der Waals surface area contributed by atoms with Crippen LogP contribution in [0.2, 0.25) is 0 Å². The first-order chi connectivity index (χ1) is 13.1. The van der Waals surface area contributed by atoms with Crippen LogP contribution < -0.4 is 4.74 Å². The number of carbonyl (C=O) groups excluding carboxylic acids is 1. The van der Waals surface area contributed by atoms with Crippen molar-refractivity contribution in [3.8, 4) is 11.6 Å². The Labute approximate surface area is 154 Å². The van der Waals surface area contributed by atoms with E-state index in [0.717, 1.165) is 5.56 Å². The maximum Gasteiger partial charge on any atom is 0.255 e. The third kappa shape index (κ3) is 5.18. The van der Waals surface area contributed by atoms with Gasteiger partial charge < -0.3 is 9.64 Å². The third-order valence-electron chi connectivity index (χ3n) is 3.54. The number of aliphatic imine (C=N–C) groups is 1. The van der Waals surface area contributed by atoms with Crippen LogP contribution in [0.25, 0.3) is 0 Å². The van der Waals surface area contributed by atoms with Gasteiger partial charge in [-0.3, -0.25) is 4.79 Å². The van der Waals surface area contributed by atoms with Crippen molar-refractivity contribution in [2.75, 3.05) is 0 Å². The van der Waals surface area contributed by atoms with Crippen LogP contribution >= 0.6 is 0 Å². The van der Waals surface area contributed by atoms with Gasteiger partial charge in [0, 0.05) is 6.20 Å². The number of pyridine rings is 1. The summed E-state index contributed by atoms with van der Waals surface area (Å²) in [6.45, 7) is 0.271. The maximum absolute atomic E-state index is 13.5. The molecule has 7 heteroatoms. The number of aromatic nitrogens is 1. The molecule has 1 heterocycles. The molecular weight excluding hydrogens is 352 g/mol. The molecule has 2 aromatic carbocycles. The summed E-state index contributed by atoms with van der Waals surface area (Å²) >= 11 is 0. The van der Waals surface area contributed by atoms with Crippen LogP contribution in [0.5, 0.6) is 11.6 Å². The Morgan fingerprint density at radius 3 is 2.44 bits per heavy atom. The van der Waals surface area contributed by atoms with Gasteiger partial charge in [-0.15, -0.1) is 0 Å². The van der Waals surface area contributed by atoms with E-state index in [4.69, 9.17) is 4.74 Å². The van der Waals surface area contributed by atoms with Crippen LogP contribution in [0.3, 0.4) is 0 Å². The minimum Gasteiger partial charge on any atom is -0.436 e. The van der Waals surface area contributed by atoms with Crippen LogP contribution in [-0.2, 0) is 11.3 Å². The summed E-state index contributed by atoms with van der Waals surface area (Å²) in [6.07, 6.45) is 3.45. The van der Waals surface area contributed by atoms with E-state index in [1.165, 1.54) is 41.7 Å². The molecule has 0 saturated carbocycles. The van der Waals surface area contributed by atoms with Crippen molar-refractivity contribution in [3.63, 3.8) is 0 Å². The molecule has 1 amide bonds. The summed E-state index contributed by atoms with van der Waals surface area (Å²) in [5, 5.41) is 0. The molecule has 0 saturated heterocycles. The van der Waals surface area contributed by atoms with Crippen molar-refractivity contribution in [1.29, 1.82) is 0 Å². The zero-order valence-electron chi connectivity index (χ0n) is 14.1. The standard InChI is InChI=1S/C20H15F2N3O2/c21-16-5-3-15(4-6-16)12-25(14-26)13-24-17-7-9-18(10-8-17)27-20-19(22)2-1-11-23-20/h1-11,13-14H,12H2. The Morgan fingerprint density at radius 2 is 1.78 bits per heavy atom. The summed E-state index contributed by atoms with van der Waals surface area (Å²) in [5.41, 5.74) is 1.35. The Hall–Kier alpha value is -3.61. The molecule has 136 valence electrons. The predicted molar refractivity (Wildman–Crippen MR) is 96.9 cm³/mol. The first-order valence-corrected chi connectivity index (χ1v) is 8.02. The molecule has 3 aromatic rings. The second kappa shape index (κ2) is 8.66. The monoisotopic (exact) mass is 367 g/mol. The number of nitrogens with zero attached hydrogens (tertiary/aromatic N) is 3. The van der Waals surface area contributed by atoms with Gasteiger partial charge in [0.1, 0.15) is 11.6 Å². The molecular formula is C20H15F2N3O2. The highest BCUT2D eigenvalue weighted by atomic mass is 19.1. The van der Waals surface area contributed by atoms with E-state index in [-0.39, 0.29) is 18.2 Å². The van der Waals surface area contributed by atoms with Crippen LogP contribution in [0.1, 0.15) is 5.56 Å². The number of halogens is 2. The fraction of sp³-hybridized carbons (Fsp3) is 0.0500. The maximum atomic E-state index is 13.5. The van der Waals surface area contributed by atoms with Gasteiger partial charge in [0.05, 0.1) is 18.6 Å². The molecule has 3 rings (SSSR count). The molecule has 0 bridgehead atoms. The summed E-state index contributed by atoms with van der Waals surface area (Å²) in [7, 11) is 0. The molecule has 5 nitrogen and oxygen atoms in total. The Kier molecular flexibility index (Phi) is 5.84. The number of ether oxygens (including phenoxy) is 1. The average molecular weight is 367 g/mol. The zero-order valence-corrected chi connectivity index (χ0v) is 14.1. The number of benzene rings is 2. The van der Waals surface area contributed by atoms with Gasteiger partial charge in [-0.2, -0.15) is 0 Å². The van der Waals surface area contributed by atoms with E-state index >= 15 is 0 Å². The Bertz CT molecular complexity index is 929. The number of rotatable bonds is 7. The van der Waals surface area contributed by atoms with Gasteiger partial charge in [-0.05, 0) is 54.1 Å². The van der Waals surface area contributed by atoms with Gasteiger partial charge in [0.2, 0.25) is 6.41 Å². The molecule has 0 atom stereocenters. The molecule has 0 N–H and O–H groups in total. The Balaban J connectivity index is 1.63. The Morgan fingerprint density at radius 1 is 1.04 bits per heavy atom. The largest absolute Gasteiger partial charge is 0.436 e. The lowest BCUT2D eigenvalue weighted by molar-refractivity contribution is -0.115. The van der Waals surface area contributed by atoms with Gasteiger partial charge in [-0.1, -0.05) is 12.1 Å². The van der Waals surface area contributed by atoms with E-state index in [9.17, 15) is 13.6 Å². The SMILES string of the molecule is O=CN(C=Nc1ccc(Oc2ncccc2F)cc1)Cc1ccc(F)cc1. The van der Waals surface area contributed by atoms with Crippen LogP contribution in [-0.4, -0.2) is 22.6 Å². The molecule has 1 aromatic heterocycles. The van der Waals surface area contributed by atoms with Crippen molar-refractivity contribution >= 4 is 18.4 Å². The summed E-state index contributed by atoms with van der Waals surface area (Å²) in [4.78, 5) is 20.5. The van der Waals surface area contributed by atoms with E-state index in [1.54, 1.807) is 36.4 Å². The molecule has 0 radical (unpaired) electrons. The molecule has 0 aliphatic rings. The number of hydrogen-bond acceptors (Lipinski definition) is 4. The van der Waals surface area contributed by atoms with Crippen molar-refractivity contribution < 1.29 is 18.3 Å². The minimum atomic E-state index is -0.554. The highest BCUT2D eigenvalue weighted by Gasteiger charge is 2.05. The summed E-state index contributed by atoms with van der Waals surface area (Å²) in [6, 6.07) is 15.2. The van der Waals surface area contributed by atoms with E-state index in [1.807, 2.05) is 0 Å². The zero-order chi connectivity index (χ0) is 19.1. The molecule has 0 aliphatic carbocycles. The lowest BCUT2D eigenvalue weighted by Crippen LogP contribution is -2.19. The highest BCUT2D eigenvalue weighted by Crippen LogP contribution is 2.24. The quantitative estimate of drug-likeness (QED) is 0.352.